The van der Waals surface area contributed by atoms with Crippen molar-refractivity contribution in [3.05, 3.63) is 24.2 Å². The number of fused-ring (bicyclic) bond motifs is 1. The molecule has 0 bridgehead atoms. The van der Waals surface area contributed by atoms with Gasteiger partial charge in [0.2, 0.25) is 0 Å². The molecule has 2 aromatic heterocycles. The maximum Gasteiger partial charge on any atom is 0.141 e. The number of nitrogens with zero attached hydrogens (tertiary/aromatic N) is 3. The molecule has 0 aliphatic rings. The highest BCUT2D eigenvalue weighted by molar-refractivity contribution is 6.31. The zero-order valence-corrected chi connectivity index (χ0v) is 8.23. The van der Waals surface area contributed by atoms with E-state index in [4.69, 9.17) is 7.85 Å². The molecular weight excluding hydrogens is 173 g/mol. The highest BCUT2D eigenvalue weighted by Crippen LogP contribution is 2.18. The Balaban J connectivity index is 2.77. The fraction of sp³-hybridized carbons (Fsp3) is 0.300. The third-order valence-corrected chi connectivity index (χ3v) is 2.08. The summed E-state index contributed by atoms with van der Waals surface area (Å²) in [6, 6.07) is 3.62. The fourth-order valence-electron chi connectivity index (χ4n) is 1.40. The van der Waals surface area contributed by atoms with Crippen molar-refractivity contribution in [2.24, 2.45) is 0 Å². The van der Waals surface area contributed by atoms with E-state index in [-0.39, 0.29) is 0 Å². The first-order chi connectivity index (χ1) is 6.68. The van der Waals surface area contributed by atoms with Crippen LogP contribution in [0, 0.1) is 0 Å². The number of aromatic nitrogens is 3. The van der Waals surface area contributed by atoms with E-state index < -0.39 is 0 Å². The van der Waals surface area contributed by atoms with Crippen molar-refractivity contribution in [2.75, 3.05) is 0 Å². The van der Waals surface area contributed by atoms with Crippen molar-refractivity contribution in [3.63, 3.8) is 0 Å². The van der Waals surface area contributed by atoms with Crippen LogP contribution in [0.25, 0.3) is 11.0 Å². The van der Waals surface area contributed by atoms with Crippen LogP contribution in [0.15, 0.2) is 18.5 Å². The van der Waals surface area contributed by atoms with Gasteiger partial charge in [-0.25, -0.2) is 9.97 Å². The van der Waals surface area contributed by atoms with Crippen LogP contribution in [0.2, 0.25) is 0 Å². The molecular formula is C10H10BN3. The molecule has 0 unspecified atom stereocenters. The first-order valence-corrected chi connectivity index (χ1v) is 4.55. The highest BCUT2D eigenvalue weighted by atomic mass is 14.9. The van der Waals surface area contributed by atoms with Gasteiger partial charge >= 0.3 is 0 Å². The second kappa shape index (κ2) is 3.37. The summed E-state index contributed by atoms with van der Waals surface area (Å²) in [6.07, 6.45) is 1.57. The standard InChI is InChI=1S/C10H10BN3/c1-6(2)9-10-7(12-5-13-9)3-4-8(11)14-10/h3-6H,1-2H3. The molecule has 0 aromatic carbocycles. The van der Waals surface area contributed by atoms with Gasteiger partial charge in [0.05, 0.1) is 11.2 Å². The largest absolute Gasteiger partial charge is 0.261 e. The Morgan fingerprint density at radius 3 is 2.71 bits per heavy atom. The summed E-state index contributed by atoms with van der Waals surface area (Å²) in [7, 11) is 5.63. The fourth-order valence-corrected chi connectivity index (χ4v) is 1.40. The van der Waals surface area contributed by atoms with Gasteiger partial charge in [0.1, 0.15) is 19.7 Å². The molecule has 68 valence electrons. The van der Waals surface area contributed by atoms with Gasteiger partial charge < -0.3 is 0 Å². The average molecular weight is 183 g/mol. The van der Waals surface area contributed by atoms with Crippen LogP contribution in [0.3, 0.4) is 0 Å². The first kappa shape index (κ1) is 9.12. The van der Waals surface area contributed by atoms with Crippen LogP contribution in [-0.2, 0) is 0 Å². The molecule has 0 saturated carbocycles. The average Bonchev–Trinajstić information content (AvgIpc) is 2.16. The number of hydrogen-bond acceptors (Lipinski definition) is 3. The second-order valence-electron chi connectivity index (χ2n) is 3.52. The summed E-state index contributed by atoms with van der Waals surface area (Å²) in [5, 5.41) is 0. The lowest BCUT2D eigenvalue weighted by Gasteiger charge is -2.07. The highest BCUT2D eigenvalue weighted by Gasteiger charge is 2.08. The molecule has 0 amide bonds. The van der Waals surface area contributed by atoms with Crippen LogP contribution in [0.4, 0.5) is 0 Å². The van der Waals surface area contributed by atoms with Crippen LogP contribution in [0.1, 0.15) is 25.5 Å². The van der Waals surface area contributed by atoms with E-state index in [9.17, 15) is 0 Å². The molecule has 14 heavy (non-hydrogen) atoms. The van der Waals surface area contributed by atoms with Crippen molar-refractivity contribution in [1.29, 1.82) is 0 Å². The second-order valence-corrected chi connectivity index (χ2v) is 3.52. The van der Waals surface area contributed by atoms with E-state index >= 15 is 0 Å². The maximum atomic E-state index is 5.63. The molecule has 3 nitrogen and oxygen atoms in total. The SMILES string of the molecule is [B]c1ccc2ncnc(C(C)C)c2n1. The molecule has 0 aliphatic carbocycles. The summed E-state index contributed by atoms with van der Waals surface area (Å²) in [5.74, 6) is 0.329. The van der Waals surface area contributed by atoms with Gasteiger partial charge in [0.25, 0.3) is 0 Å². The minimum absolute atomic E-state index is 0.329. The van der Waals surface area contributed by atoms with Crippen LogP contribution < -0.4 is 5.59 Å². The number of pyridine rings is 1. The molecule has 0 N–H and O–H groups in total. The normalized spacial score (nSPS) is 11.1. The van der Waals surface area contributed by atoms with E-state index in [2.05, 4.69) is 28.8 Å². The summed E-state index contributed by atoms with van der Waals surface area (Å²) in [5.41, 5.74) is 3.11. The Kier molecular flexibility index (Phi) is 2.19. The van der Waals surface area contributed by atoms with Crippen molar-refractivity contribution in [2.45, 2.75) is 19.8 Å². The van der Waals surface area contributed by atoms with E-state index in [1.54, 1.807) is 12.4 Å². The smallest absolute Gasteiger partial charge is 0.141 e. The molecule has 2 heterocycles. The number of hydrogen-bond donors (Lipinski definition) is 0. The van der Waals surface area contributed by atoms with Crippen molar-refractivity contribution < 1.29 is 0 Å². The van der Waals surface area contributed by atoms with Gasteiger partial charge in [-0.2, -0.15) is 0 Å². The molecule has 4 heteroatoms. The summed E-state index contributed by atoms with van der Waals surface area (Å²) >= 11 is 0. The summed E-state index contributed by atoms with van der Waals surface area (Å²) < 4.78 is 0. The van der Waals surface area contributed by atoms with Gasteiger partial charge in [0.15, 0.2) is 0 Å². The van der Waals surface area contributed by atoms with E-state index in [1.807, 2.05) is 6.07 Å². The molecule has 2 aromatic rings. The van der Waals surface area contributed by atoms with Crippen molar-refractivity contribution in [1.82, 2.24) is 15.0 Å². The molecule has 0 spiro atoms. The van der Waals surface area contributed by atoms with Crippen molar-refractivity contribution >= 4 is 24.5 Å². The van der Waals surface area contributed by atoms with E-state index in [0.717, 1.165) is 16.7 Å². The van der Waals surface area contributed by atoms with Gasteiger partial charge in [-0.1, -0.05) is 13.8 Å². The summed E-state index contributed by atoms with van der Waals surface area (Å²) in [4.78, 5) is 12.6. The maximum absolute atomic E-state index is 5.63. The Morgan fingerprint density at radius 1 is 1.21 bits per heavy atom. The van der Waals surface area contributed by atoms with Crippen LogP contribution in [-0.4, -0.2) is 22.8 Å². The molecule has 0 fully saturated rings. The lowest BCUT2D eigenvalue weighted by molar-refractivity contribution is 0.825. The molecule has 0 aliphatic heterocycles. The minimum Gasteiger partial charge on any atom is -0.261 e. The zero-order valence-electron chi connectivity index (χ0n) is 8.23. The third kappa shape index (κ3) is 1.48. The van der Waals surface area contributed by atoms with Gasteiger partial charge in [-0.15, -0.1) is 0 Å². The Bertz CT molecular complexity index is 468. The lowest BCUT2D eigenvalue weighted by Crippen LogP contribution is -2.09. The molecule has 2 radical (unpaired) electrons. The lowest BCUT2D eigenvalue weighted by atomic mass is 10.0. The Morgan fingerprint density at radius 2 is 2.00 bits per heavy atom. The quantitative estimate of drug-likeness (QED) is 0.617. The van der Waals surface area contributed by atoms with Gasteiger partial charge in [-0.05, 0) is 23.6 Å². The topological polar surface area (TPSA) is 38.7 Å². The Labute approximate surface area is 84.0 Å². The zero-order chi connectivity index (χ0) is 10.1. The first-order valence-electron chi connectivity index (χ1n) is 4.55. The monoisotopic (exact) mass is 183 g/mol. The van der Waals surface area contributed by atoms with Gasteiger partial charge in [-0.3, -0.25) is 4.98 Å². The third-order valence-electron chi connectivity index (χ3n) is 2.08. The van der Waals surface area contributed by atoms with E-state index in [1.165, 1.54) is 0 Å². The molecule has 0 atom stereocenters. The number of rotatable bonds is 1. The summed E-state index contributed by atoms with van der Waals surface area (Å²) in [6.45, 7) is 4.15. The van der Waals surface area contributed by atoms with Gasteiger partial charge in [0, 0.05) is 0 Å². The molecule has 0 saturated heterocycles. The van der Waals surface area contributed by atoms with Crippen LogP contribution in [0.5, 0.6) is 0 Å². The molecule has 2 rings (SSSR count). The Hall–Kier alpha value is -1.45. The van der Waals surface area contributed by atoms with Crippen LogP contribution >= 0.6 is 0 Å². The predicted molar refractivity (Wildman–Crippen MR) is 56.8 cm³/mol. The van der Waals surface area contributed by atoms with E-state index in [0.29, 0.717) is 11.5 Å². The predicted octanol–water partition coefficient (Wildman–Crippen LogP) is 0.942. The minimum atomic E-state index is 0.329. The van der Waals surface area contributed by atoms with Crippen molar-refractivity contribution in [3.8, 4) is 0 Å².